The first-order valence-corrected chi connectivity index (χ1v) is 5.96. The molecule has 17 heavy (non-hydrogen) atoms. The van der Waals surface area contributed by atoms with E-state index in [0.29, 0.717) is 29.7 Å². The fourth-order valence-electron chi connectivity index (χ4n) is 1.95. The molecule has 1 aromatic heterocycles. The third-order valence-corrected chi connectivity index (χ3v) is 3.21. The number of hydrogen-bond acceptors (Lipinski definition) is 5. The number of pyridine rings is 1. The van der Waals surface area contributed by atoms with Crippen molar-refractivity contribution in [2.75, 3.05) is 18.0 Å². The summed E-state index contributed by atoms with van der Waals surface area (Å²) >= 11 is 3.25. The van der Waals surface area contributed by atoms with Crippen LogP contribution < -0.4 is 4.90 Å². The average molecular weight is 302 g/mol. The molecule has 0 unspecified atom stereocenters. The highest BCUT2D eigenvalue weighted by molar-refractivity contribution is 9.10. The van der Waals surface area contributed by atoms with Crippen LogP contribution in [0.2, 0.25) is 0 Å². The molecule has 1 atom stereocenters. The summed E-state index contributed by atoms with van der Waals surface area (Å²) in [5.74, 6) is -0.175. The van der Waals surface area contributed by atoms with Crippen molar-refractivity contribution in [2.45, 2.75) is 18.9 Å². The Labute approximate surface area is 107 Å². The minimum absolute atomic E-state index is 0.175. The third kappa shape index (κ3) is 2.55. The van der Waals surface area contributed by atoms with Gasteiger partial charge in [-0.1, -0.05) is 0 Å². The van der Waals surface area contributed by atoms with E-state index in [0.717, 1.165) is 0 Å². The molecule has 0 spiro atoms. The van der Waals surface area contributed by atoms with Crippen LogP contribution in [0.15, 0.2) is 16.7 Å². The van der Waals surface area contributed by atoms with Gasteiger partial charge in [0, 0.05) is 13.1 Å². The molecule has 6 nitrogen and oxygen atoms in total. The minimum atomic E-state index is -0.795. The molecule has 1 fully saturated rings. The van der Waals surface area contributed by atoms with Gasteiger partial charge in [-0.05, 0) is 45.2 Å². The Balaban J connectivity index is 2.38. The van der Waals surface area contributed by atoms with Crippen LogP contribution in [0, 0.1) is 10.1 Å². The van der Waals surface area contributed by atoms with E-state index in [1.54, 1.807) is 17.9 Å². The predicted molar refractivity (Wildman–Crippen MR) is 66.0 cm³/mol. The SMILES string of the molecule is C[C@@]1(O)CCN(c2cc(Br)cnc2[N+](=O)[O-])C1. The van der Waals surface area contributed by atoms with Gasteiger partial charge in [-0.25, -0.2) is 0 Å². The first kappa shape index (κ1) is 12.3. The van der Waals surface area contributed by atoms with E-state index >= 15 is 0 Å². The second kappa shape index (κ2) is 4.23. The monoisotopic (exact) mass is 301 g/mol. The summed E-state index contributed by atoms with van der Waals surface area (Å²) in [5.41, 5.74) is -0.349. The van der Waals surface area contributed by atoms with Crippen molar-refractivity contribution in [3.63, 3.8) is 0 Å². The van der Waals surface area contributed by atoms with Gasteiger partial charge in [-0.3, -0.25) is 0 Å². The normalized spacial score (nSPS) is 24.1. The number of β-amino-alcohol motifs (C(OH)–C–C–N with tert-alkyl or cyclic N) is 1. The van der Waals surface area contributed by atoms with Crippen molar-refractivity contribution in [3.8, 4) is 0 Å². The maximum Gasteiger partial charge on any atom is 0.387 e. The molecule has 2 rings (SSSR count). The molecule has 92 valence electrons. The second-order valence-corrected chi connectivity index (χ2v) is 5.34. The van der Waals surface area contributed by atoms with Crippen molar-refractivity contribution in [3.05, 3.63) is 26.9 Å². The maximum absolute atomic E-state index is 10.9. The molecule has 1 aliphatic heterocycles. The van der Waals surface area contributed by atoms with Crippen LogP contribution in [0.3, 0.4) is 0 Å². The number of nitro groups is 1. The summed E-state index contributed by atoms with van der Waals surface area (Å²) in [6.07, 6.45) is 1.99. The van der Waals surface area contributed by atoms with Crippen molar-refractivity contribution >= 4 is 27.4 Å². The highest BCUT2D eigenvalue weighted by atomic mass is 79.9. The lowest BCUT2D eigenvalue weighted by atomic mass is 10.1. The van der Waals surface area contributed by atoms with Gasteiger partial charge in [0.25, 0.3) is 0 Å². The van der Waals surface area contributed by atoms with E-state index in [2.05, 4.69) is 20.9 Å². The number of nitrogens with zero attached hydrogens (tertiary/aromatic N) is 3. The van der Waals surface area contributed by atoms with Gasteiger partial charge < -0.3 is 20.1 Å². The molecule has 0 aromatic carbocycles. The first-order chi connectivity index (χ1) is 7.89. The number of halogens is 1. The fraction of sp³-hybridized carbons (Fsp3) is 0.500. The lowest BCUT2D eigenvalue weighted by Gasteiger charge is -2.20. The van der Waals surface area contributed by atoms with Gasteiger partial charge in [0.2, 0.25) is 0 Å². The van der Waals surface area contributed by atoms with Crippen LogP contribution in [0.4, 0.5) is 11.5 Å². The predicted octanol–water partition coefficient (Wildman–Crippen LogP) is 1.71. The zero-order valence-electron chi connectivity index (χ0n) is 9.26. The molecule has 0 aliphatic carbocycles. The summed E-state index contributed by atoms with van der Waals surface area (Å²) in [4.78, 5) is 16.0. The zero-order chi connectivity index (χ0) is 12.6. The highest BCUT2D eigenvalue weighted by Crippen LogP contribution is 2.33. The minimum Gasteiger partial charge on any atom is -0.388 e. The van der Waals surface area contributed by atoms with Crippen LogP contribution >= 0.6 is 15.9 Å². The Morgan fingerprint density at radius 2 is 2.41 bits per heavy atom. The Hall–Kier alpha value is -1.21. The Morgan fingerprint density at radius 3 is 2.94 bits per heavy atom. The molecular weight excluding hydrogens is 290 g/mol. The number of aliphatic hydroxyl groups is 1. The standard InChI is InChI=1S/C10H12BrN3O3/c1-10(15)2-3-13(6-10)8-4-7(11)5-12-9(8)14(16)17/h4-5,15H,2-3,6H2,1H3/t10-/m1/s1. The molecule has 2 heterocycles. The van der Waals surface area contributed by atoms with E-state index in [1.165, 1.54) is 6.20 Å². The fourth-order valence-corrected chi connectivity index (χ4v) is 2.26. The molecule has 1 N–H and O–H groups in total. The summed E-state index contributed by atoms with van der Waals surface area (Å²) in [6, 6.07) is 1.66. The first-order valence-electron chi connectivity index (χ1n) is 5.16. The number of hydrogen-bond donors (Lipinski definition) is 1. The Morgan fingerprint density at radius 1 is 1.71 bits per heavy atom. The van der Waals surface area contributed by atoms with Crippen molar-refractivity contribution in [1.82, 2.24) is 4.98 Å². The number of anilines is 1. The zero-order valence-corrected chi connectivity index (χ0v) is 10.8. The van der Waals surface area contributed by atoms with Gasteiger partial charge in [0.15, 0.2) is 6.20 Å². The highest BCUT2D eigenvalue weighted by Gasteiger charge is 2.34. The maximum atomic E-state index is 10.9. The van der Waals surface area contributed by atoms with Crippen molar-refractivity contribution < 1.29 is 10.0 Å². The number of rotatable bonds is 2. The summed E-state index contributed by atoms with van der Waals surface area (Å²) < 4.78 is 0.685. The van der Waals surface area contributed by atoms with E-state index in [-0.39, 0.29) is 5.82 Å². The van der Waals surface area contributed by atoms with E-state index in [4.69, 9.17) is 0 Å². The van der Waals surface area contributed by atoms with Crippen LogP contribution in [-0.4, -0.2) is 33.7 Å². The molecule has 1 aromatic rings. The molecule has 1 aliphatic rings. The van der Waals surface area contributed by atoms with Crippen molar-refractivity contribution in [1.29, 1.82) is 0 Å². The molecular formula is C10H12BrN3O3. The Kier molecular flexibility index (Phi) is 3.05. The van der Waals surface area contributed by atoms with Crippen LogP contribution in [0.5, 0.6) is 0 Å². The largest absolute Gasteiger partial charge is 0.388 e. The van der Waals surface area contributed by atoms with Gasteiger partial charge in [0.1, 0.15) is 5.69 Å². The van der Waals surface area contributed by atoms with E-state index in [9.17, 15) is 15.2 Å². The van der Waals surface area contributed by atoms with E-state index < -0.39 is 10.5 Å². The van der Waals surface area contributed by atoms with Crippen LogP contribution in [0.1, 0.15) is 13.3 Å². The quantitative estimate of drug-likeness (QED) is 0.664. The van der Waals surface area contributed by atoms with Gasteiger partial charge >= 0.3 is 5.82 Å². The molecule has 0 bridgehead atoms. The molecule has 0 saturated carbocycles. The summed E-state index contributed by atoms with van der Waals surface area (Å²) in [7, 11) is 0. The lowest BCUT2D eigenvalue weighted by Crippen LogP contribution is -2.30. The molecule has 0 amide bonds. The van der Waals surface area contributed by atoms with Crippen LogP contribution in [0.25, 0.3) is 0 Å². The average Bonchev–Trinajstić information content (AvgIpc) is 2.58. The smallest absolute Gasteiger partial charge is 0.387 e. The Bertz CT molecular complexity index is 464. The molecule has 0 radical (unpaired) electrons. The molecule has 1 saturated heterocycles. The van der Waals surface area contributed by atoms with Gasteiger partial charge in [-0.15, -0.1) is 0 Å². The summed E-state index contributed by atoms with van der Waals surface area (Å²) in [6.45, 7) is 2.70. The lowest BCUT2D eigenvalue weighted by molar-refractivity contribution is -0.388. The summed E-state index contributed by atoms with van der Waals surface area (Å²) in [5, 5.41) is 20.8. The van der Waals surface area contributed by atoms with Crippen LogP contribution in [-0.2, 0) is 0 Å². The van der Waals surface area contributed by atoms with Gasteiger partial charge in [0.05, 0.1) is 10.1 Å². The molecule has 7 heteroatoms. The van der Waals surface area contributed by atoms with E-state index in [1.807, 2.05) is 0 Å². The third-order valence-electron chi connectivity index (χ3n) is 2.78. The topological polar surface area (TPSA) is 79.5 Å². The number of aromatic nitrogens is 1. The van der Waals surface area contributed by atoms with Crippen molar-refractivity contribution in [2.24, 2.45) is 0 Å². The van der Waals surface area contributed by atoms with Gasteiger partial charge in [-0.2, -0.15) is 0 Å². The second-order valence-electron chi connectivity index (χ2n) is 4.42.